The van der Waals surface area contributed by atoms with Crippen LogP contribution in [0.2, 0.25) is 0 Å². The van der Waals surface area contributed by atoms with Gasteiger partial charge in [-0.15, -0.1) is 9.42 Å². The fourth-order valence-electron chi connectivity index (χ4n) is 0.861. The van der Waals surface area contributed by atoms with Crippen molar-refractivity contribution in [3.8, 4) is 0 Å². The topological polar surface area (TPSA) is 46.5 Å². The van der Waals surface area contributed by atoms with Crippen molar-refractivity contribution in [2.75, 3.05) is 0 Å². The molecular weight excluding hydrogens is 151 g/mol. The van der Waals surface area contributed by atoms with Gasteiger partial charge in [-0.2, -0.15) is 0 Å². The molecule has 60 valence electrons. The van der Waals surface area contributed by atoms with Crippen LogP contribution in [0.25, 0.3) is 0 Å². The summed E-state index contributed by atoms with van der Waals surface area (Å²) in [5.74, 6) is 0.505. The highest BCUT2D eigenvalue weighted by Gasteiger charge is 2.19. The molecule has 0 fully saturated rings. The summed E-state index contributed by atoms with van der Waals surface area (Å²) in [6.07, 6.45) is 0.704. The lowest BCUT2D eigenvalue weighted by molar-refractivity contribution is 0.181. The van der Waals surface area contributed by atoms with E-state index in [1.807, 2.05) is 13.8 Å². The summed E-state index contributed by atoms with van der Waals surface area (Å²) >= 11 is 0. The maximum absolute atomic E-state index is 10.1. The van der Waals surface area contributed by atoms with Crippen molar-refractivity contribution in [3.63, 3.8) is 0 Å². The van der Waals surface area contributed by atoms with Gasteiger partial charge in [0.05, 0.1) is 0 Å². The van der Waals surface area contributed by atoms with E-state index >= 15 is 0 Å². The van der Waals surface area contributed by atoms with Crippen LogP contribution in [0.1, 0.15) is 27.2 Å². The Morgan fingerprint density at radius 1 is 1.50 bits per heavy atom. The van der Waals surface area contributed by atoms with E-state index < -0.39 is 8.25 Å². The second kappa shape index (κ2) is 4.78. The van der Waals surface area contributed by atoms with E-state index in [0.717, 1.165) is 6.42 Å². The number of hydrogen-bond donors (Lipinski definition) is 1. The van der Waals surface area contributed by atoms with Gasteiger partial charge in [0.2, 0.25) is 0 Å². The third-order valence-electron chi connectivity index (χ3n) is 1.07. The van der Waals surface area contributed by atoms with Gasteiger partial charge < -0.3 is 0 Å². The van der Waals surface area contributed by atoms with Gasteiger partial charge in [-0.25, -0.2) is 0 Å². The summed E-state index contributed by atoms with van der Waals surface area (Å²) in [7, 11) is -2.42. The Kier molecular flexibility index (Phi) is 4.79. The molecule has 2 atom stereocenters. The smallest absolute Gasteiger partial charge is 0.133 e. The molecule has 1 N–H and O–H groups in total. The maximum Gasteiger partial charge on any atom is 0.694 e. The normalized spacial score (nSPS) is 15.5. The average Bonchev–Trinajstić information content (AvgIpc) is 1.58. The molecule has 0 aliphatic heterocycles. The third kappa shape index (κ3) is 6.14. The molecule has 0 aliphatic carbocycles. The van der Waals surface area contributed by atoms with Gasteiger partial charge in [-0.3, -0.25) is 0 Å². The minimum Gasteiger partial charge on any atom is -0.133 e. The van der Waals surface area contributed by atoms with Crippen molar-refractivity contribution in [1.29, 1.82) is 0 Å². The molecule has 10 heavy (non-hydrogen) atoms. The quantitative estimate of drug-likeness (QED) is 0.649. The lowest BCUT2D eigenvalue weighted by Gasteiger charge is -2.05. The molecule has 0 saturated carbocycles. The fourth-order valence-corrected chi connectivity index (χ4v) is 1.25. The summed E-state index contributed by atoms with van der Waals surface area (Å²) in [5, 5.41) is 0. The van der Waals surface area contributed by atoms with Crippen LogP contribution in [0.4, 0.5) is 0 Å². The predicted octanol–water partition coefficient (Wildman–Crippen LogP) is 2.09. The first-order chi connectivity index (χ1) is 4.52. The molecule has 0 saturated heterocycles. The van der Waals surface area contributed by atoms with Crippen molar-refractivity contribution in [1.82, 2.24) is 0 Å². The van der Waals surface area contributed by atoms with Gasteiger partial charge in [0.25, 0.3) is 0 Å². The first-order valence-corrected chi connectivity index (χ1v) is 4.48. The first kappa shape index (κ1) is 10.0. The number of rotatable bonds is 4. The van der Waals surface area contributed by atoms with E-state index in [1.54, 1.807) is 6.92 Å². The predicted molar refractivity (Wildman–Crippen MR) is 39.8 cm³/mol. The van der Waals surface area contributed by atoms with Crippen molar-refractivity contribution < 1.29 is 14.0 Å². The van der Waals surface area contributed by atoms with Crippen LogP contribution < -0.4 is 0 Å². The van der Waals surface area contributed by atoms with Gasteiger partial charge >= 0.3 is 8.25 Å². The fraction of sp³-hybridized carbons (Fsp3) is 1.00. The zero-order valence-corrected chi connectivity index (χ0v) is 7.47. The Bertz CT molecular complexity index is 114. The molecule has 0 bridgehead atoms. The van der Waals surface area contributed by atoms with Gasteiger partial charge in [0.15, 0.2) is 0 Å². The lowest BCUT2D eigenvalue weighted by atomic mass is 10.1. The third-order valence-corrected chi connectivity index (χ3v) is 1.61. The summed E-state index contributed by atoms with van der Waals surface area (Å²) < 4.78 is 14.7. The second-order valence-corrected chi connectivity index (χ2v) is 3.47. The van der Waals surface area contributed by atoms with Crippen LogP contribution in [-0.2, 0) is 9.09 Å². The molecule has 0 heterocycles. The van der Waals surface area contributed by atoms with Gasteiger partial charge in [-0.05, 0) is 19.3 Å². The van der Waals surface area contributed by atoms with Gasteiger partial charge in [-0.1, -0.05) is 13.8 Å². The van der Waals surface area contributed by atoms with E-state index in [2.05, 4.69) is 4.52 Å². The standard InChI is InChI=1S/C6H13O3P/c1-5(2)4-6(3)9-10(7)8/h5-6H,4H2,1-3H3/p+1. The molecule has 3 nitrogen and oxygen atoms in total. The Balaban J connectivity index is 3.43. The Morgan fingerprint density at radius 2 is 2.00 bits per heavy atom. The molecule has 0 aromatic rings. The highest BCUT2D eigenvalue weighted by molar-refractivity contribution is 7.32. The zero-order valence-electron chi connectivity index (χ0n) is 6.57. The van der Waals surface area contributed by atoms with Crippen LogP contribution in [0, 0.1) is 5.92 Å². The first-order valence-electron chi connectivity index (χ1n) is 3.35. The largest absolute Gasteiger partial charge is 0.694 e. The van der Waals surface area contributed by atoms with E-state index in [9.17, 15) is 4.57 Å². The Labute approximate surface area is 62.3 Å². The van der Waals surface area contributed by atoms with E-state index in [0.29, 0.717) is 5.92 Å². The lowest BCUT2D eigenvalue weighted by Crippen LogP contribution is -2.06. The Morgan fingerprint density at radius 3 is 2.30 bits per heavy atom. The highest BCUT2D eigenvalue weighted by atomic mass is 31.1. The molecule has 0 aromatic carbocycles. The Hall–Kier alpha value is 0.0200. The summed E-state index contributed by atoms with van der Waals surface area (Å²) in [5.41, 5.74) is 0. The van der Waals surface area contributed by atoms with Crippen LogP contribution in [0.15, 0.2) is 0 Å². The molecule has 4 heteroatoms. The monoisotopic (exact) mass is 165 g/mol. The molecule has 0 aliphatic rings. The van der Waals surface area contributed by atoms with E-state index in [-0.39, 0.29) is 6.10 Å². The molecule has 2 unspecified atom stereocenters. The van der Waals surface area contributed by atoms with Crippen molar-refractivity contribution in [2.45, 2.75) is 33.3 Å². The minimum atomic E-state index is -2.42. The van der Waals surface area contributed by atoms with Crippen LogP contribution in [0.5, 0.6) is 0 Å². The zero-order chi connectivity index (χ0) is 8.15. The maximum atomic E-state index is 10.1. The van der Waals surface area contributed by atoms with E-state index in [1.165, 1.54) is 0 Å². The van der Waals surface area contributed by atoms with Crippen molar-refractivity contribution >= 4 is 8.25 Å². The van der Waals surface area contributed by atoms with Gasteiger partial charge in [0, 0.05) is 4.57 Å². The average molecular weight is 165 g/mol. The molecule has 0 radical (unpaired) electrons. The molecule has 0 aromatic heterocycles. The summed E-state index contributed by atoms with van der Waals surface area (Å²) in [6, 6.07) is 0. The van der Waals surface area contributed by atoms with Crippen LogP contribution >= 0.6 is 8.25 Å². The van der Waals surface area contributed by atoms with Crippen LogP contribution in [0.3, 0.4) is 0 Å². The van der Waals surface area contributed by atoms with E-state index in [4.69, 9.17) is 4.89 Å². The highest BCUT2D eigenvalue weighted by Crippen LogP contribution is 2.21. The number of hydrogen-bond acceptors (Lipinski definition) is 2. The second-order valence-electron chi connectivity index (χ2n) is 2.78. The van der Waals surface area contributed by atoms with Crippen LogP contribution in [-0.4, -0.2) is 11.0 Å². The van der Waals surface area contributed by atoms with Gasteiger partial charge in [0.1, 0.15) is 6.10 Å². The van der Waals surface area contributed by atoms with Crippen molar-refractivity contribution in [3.05, 3.63) is 0 Å². The molecule has 0 amide bonds. The SMILES string of the molecule is CC(C)CC(C)O[P+](=O)O. The van der Waals surface area contributed by atoms with Crippen molar-refractivity contribution in [2.24, 2.45) is 5.92 Å². The molecular formula is C6H14O3P+. The molecule has 0 rings (SSSR count). The summed E-state index contributed by atoms with van der Waals surface area (Å²) in [4.78, 5) is 8.32. The summed E-state index contributed by atoms with van der Waals surface area (Å²) in [6.45, 7) is 5.89. The molecule has 0 spiro atoms. The minimum absolute atomic E-state index is 0.117.